The Balaban J connectivity index is 1.87. The largest absolute Gasteiger partial charge is 0.382 e. The van der Waals surface area contributed by atoms with Gasteiger partial charge >= 0.3 is 0 Å². The molecule has 0 atom stereocenters. The summed E-state index contributed by atoms with van der Waals surface area (Å²) in [6, 6.07) is 13.8. The molecule has 136 valence electrons. The van der Waals surface area contributed by atoms with Crippen LogP contribution in [0.25, 0.3) is 10.9 Å². The van der Waals surface area contributed by atoms with Crippen molar-refractivity contribution in [2.24, 2.45) is 0 Å². The van der Waals surface area contributed by atoms with Crippen LogP contribution in [0, 0.1) is 5.82 Å². The fourth-order valence-corrected chi connectivity index (χ4v) is 3.63. The van der Waals surface area contributed by atoms with E-state index in [2.05, 4.69) is 4.98 Å². The van der Waals surface area contributed by atoms with Gasteiger partial charge in [-0.1, -0.05) is 36.0 Å². The van der Waals surface area contributed by atoms with Crippen molar-refractivity contribution in [3.8, 4) is 0 Å². The van der Waals surface area contributed by atoms with Crippen molar-refractivity contribution in [1.29, 1.82) is 0 Å². The van der Waals surface area contributed by atoms with Crippen LogP contribution in [-0.4, -0.2) is 22.8 Å². The number of ether oxygens (including phenoxy) is 1. The maximum absolute atomic E-state index is 13.1. The first-order valence-electron chi connectivity index (χ1n) is 8.63. The van der Waals surface area contributed by atoms with Gasteiger partial charge in [-0.25, -0.2) is 9.37 Å². The number of hydrogen-bond acceptors (Lipinski definition) is 4. The standard InChI is InChI=1S/C20H21FN2O2S/c1-2-25-13-5-12-23-19(24)17-6-3-4-7-18(17)22-20(23)26-14-15-8-10-16(21)11-9-15/h3-4,6-11H,2,5,12-14H2,1H3. The predicted octanol–water partition coefficient (Wildman–Crippen LogP) is 4.25. The first-order chi connectivity index (χ1) is 12.7. The smallest absolute Gasteiger partial charge is 0.262 e. The number of para-hydroxylation sites is 1. The first kappa shape index (κ1) is 18.6. The Kier molecular flexibility index (Phi) is 6.41. The molecular weight excluding hydrogens is 351 g/mol. The molecule has 3 rings (SSSR count). The molecule has 2 aromatic carbocycles. The van der Waals surface area contributed by atoms with Crippen molar-refractivity contribution in [3.63, 3.8) is 0 Å². The van der Waals surface area contributed by atoms with Gasteiger partial charge in [0.25, 0.3) is 5.56 Å². The minimum atomic E-state index is -0.254. The quantitative estimate of drug-likeness (QED) is 0.337. The van der Waals surface area contributed by atoms with Crippen LogP contribution in [0.2, 0.25) is 0 Å². The molecule has 0 aliphatic heterocycles. The van der Waals surface area contributed by atoms with Crippen molar-refractivity contribution < 1.29 is 9.13 Å². The summed E-state index contributed by atoms with van der Waals surface area (Å²) >= 11 is 1.49. The Labute approximate surface area is 156 Å². The highest BCUT2D eigenvalue weighted by Crippen LogP contribution is 2.22. The van der Waals surface area contributed by atoms with Crippen LogP contribution in [-0.2, 0) is 17.0 Å². The molecule has 0 aliphatic carbocycles. The third-order valence-corrected chi connectivity index (χ3v) is 5.03. The molecule has 1 aromatic heterocycles. The Bertz CT molecular complexity index is 925. The van der Waals surface area contributed by atoms with Gasteiger partial charge in [-0.05, 0) is 43.2 Å². The third-order valence-electron chi connectivity index (χ3n) is 3.98. The summed E-state index contributed by atoms with van der Waals surface area (Å²) in [7, 11) is 0. The van der Waals surface area contributed by atoms with E-state index >= 15 is 0 Å². The molecule has 0 saturated heterocycles. The van der Waals surface area contributed by atoms with Gasteiger partial charge in [-0.3, -0.25) is 9.36 Å². The van der Waals surface area contributed by atoms with Gasteiger partial charge < -0.3 is 4.74 Å². The number of aromatic nitrogens is 2. The zero-order valence-electron chi connectivity index (χ0n) is 14.7. The van der Waals surface area contributed by atoms with Gasteiger partial charge in [0.05, 0.1) is 10.9 Å². The Morgan fingerprint density at radius 1 is 1.15 bits per heavy atom. The van der Waals surface area contributed by atoms with E-state index in [0.717, 1.165) is 12.0 Å². The van der Waals surface area contributed by atoms with Gasteiger partial charge in [0.1, 0.15) is 5.82 Å². The van der Waals surface area contributed by atoms with Crippen molar-refractivity contribution in [3.05, 3.63) is 70.3 Å². The highest BCUT2D eigenvalue weighted by Gasteiger charge is 2.11. The maximum atomic E-state index is 13.1. The molecule has 26 heavy (non-hydrogen) atoms. The SMILES string of the molecule is CCOCCCn1c(SCc2ccc(F)cc2)nc2ccccc2c1=O. The Morgan fingerprint density at radius 2 is 1.92 bits per heavy atom. The lowest BCUT2D eigenvalue weighted by atomic mass is 10.2. The molecule has 0 fully saturated rings. The van der Waals surface area contributed by atoms with Crippen LogP contribution in [0.15, 0.2) is 58.5 Å². The number of rotatable bonds is 8. The van der Waals surface area contributed by atoms with Crippen molar-refractivity contribution >= 4 is 22.7 Å². The van der Waals surface area contributed by atoms with Crippen molar-refractivity contribution in [2.75, 3.05) is 13.2 Å². The monoisotopic (exact) mass is 372 g/mol. The predicted molar refractivity (Wildman–Crippen MR) is 103 cm³/mol. The van der Waals surface area contributed by atoms with E-state index in [0.29, 0.717) is 41.6 Å². The summed E-state index contributed by atoms with van der Waals surface area (Å²) < 4.78 is 20.2. The minimum Gasteiger partial charge on any atom is -0.382 e. The van der Waals surface area contributed by atoms with Crippen LogP contribution in [0.5, 0.6) is 0 Å². The number of fused-ring (bicyclic) bond motifs is 1. The molecule has 0 unspecified atom stereocenters. The molecule has 0 radical (unpaired) electrons. The number of benzene rings is 2. The molecule has 6 heteroatoms. The number of hydrogen-bond donors (Lipinski definition) is 0. The Morgan fingerprint density at radius 3 is 2.69 bits per heavy atom. The molecular formula is C20H21FN2O2S. The number of halogens is 1. The van der Waals surface area contributed by atoms with Crippen LogP contribution >= 0.6 is 11.8 Å². The molecule has 0 bridgehead atoms. The van der Waals surface area contributed by atoms with E-state index in [1.807, 2.05) is 25.1 Å². The third kappa shape index (κ3) is 4.51. The summed E-state index contributed by atoms with van der Waals surface area (Å²) in [5, 5.41) is 1.30. The molecule has 4 nitrogen and oxygen atoms in total. The average Bonchev–Trinajstić information content (AvgIpc) is 2.66. The van der Waals surface area contributed by atoms with E-state index in [1.54, 1.807) is 22.8 Å². The van der Waals surface area contributed by atoms with Gasteiger partial charge in [0.2, 0.25) is 0 Å². The summed E-state index contributed by atoms with van der Waals surface area (Å²) in [5.74, 6) is 0.367. The average molecular weight is 372 g/mol. The van der Waals surface area contributed by atoms with Gasteiger partial charge in [0, 0.05) is 25.5 Å². The number of thioether (sulfide) groups is 1. The van der Waals surface area contributed by atoms with Gasteiger partial charge in [-0.15, -0.1) is 0 Å². The summed E-state index contributed by atoms with van der Waals surface area (Å²) in [6.07, 6.45) is 0.748. The van der Waals surface area contributed by atoms with Gasteiger partial charge in [0.15, 0.2) is 5.16 Å². The second kappa shape index (κ2) is 8.96. The van der Waals surface area contributed by atoms with E-state index in [-0.39, 0.29) is 11.4 Å². The minimum absolute atomic E-state index is 0.0336. The van der Waals surface area contributed by atoms with E-state index in [4.69, 9.17) is 4.74 Å². The lowest BCUT2D eigenvalue weighted by Gasteiger charge is -2.13. The number of nitrogens with zero attached hydrogens (tertiary/aromatic N) is 2. The molecule has 1 heterocycles. The van der Waals surface area contributed by atoms with E-state index < -0.39 is 0 Å². The molecule has 0 spiro atoms. The second-order valence-electron chi connectivity index (χ2n) is 5.83. The summed E-state index contributed by atoms with van der Waals surface area (Å²) in [5.41, 5.74) is 1.65. The zero-order chi connectivity index (χ0) is 18.4. The first-order valence-corrected chi connectivity index (χ1v) is 9.62. The van der Waals surface area contributed by atoms with Crippen molar-refractivity contribution in [2.45, 2.75) is 30.8 Å². The fourth-order valence-electron chi connectivity index (χ4n) is 2.65. The van der Waals surface area contributed by atoms with Crippen LogP contribution < -0.4 is 5.56 Å². The second-order valence-corrected chi connectivity index (χ2v) is 6.78. The van der Waals surface area contributed by atoms with Crippen molar-refractivity contribution in [1.82, 2.24) is 9.55 Å². The van der Waals surface area contributed by atoms with E-state index in [9.17, 15) is 9.18 Å². The summed E-state index contributed by atoms with van der Waals surface area (Å²) in [6.45, 7) is 3.78. The molecule has 0 amide bonds. The fraction of sp³-hybridized carbons (Fsp3) is 0.300. The molecule has 0 saturated carbocycles. The highest BCUT2D eigenvalue weighted by atomic mass is 32.2. The van der Waals surface area contributed by atoms with Crippen LogP contribution in [0.3, 0.4) is 0 Å². The van der Waals surface area contributed by atoms with Gasteiger partial charge in [-0.2, -0.15) is 0 Å². The zero-order valence-corrected chi connectivity index (χ0v) is 15.5. The topological polar surface area (TPSA) is 44.1 Å². The molecule has 3 aromatic rings. The highest BCUT2D eigenvalue weighted by molar-refractivity contribution is 7.98. The lowest BCUT2D eigenvalue weighted by Crippen LogP contribution is -2.24. The molecule has 0 aliphatic rings. The molecule has 0 N–H and O–H groups in total. The van der Waals surface area contributed by atoms with Crippen LogP contribution in [0.1, 0.15) is 18.9 Å². The summed E-state index contributed by atoms with van der Waals surface area (Å²) in [4.78, 5) is 17.6. The van der Waals surface area contributed by atoms with Crippen LogP contribution in [0.4, 0.5) is 4.39 Å². The normalized spacial score (nSPS) is 11.2. The van der Waals surface area contributed by atoms with E-state index in [1.165, 1.54) is 23.9 Å². The Hall–Kier alpha value is -2.18. The maximum Gasteiger partial charge on any atom is 0.262 e. The lowest BCUT2D eigenvalue weighted by molar-refractivity contribution is 0.140.